The molecule has 0 atom stereocenters. The second kappa shape index (κ2) is 6.83. The summed E-state index contributed by atoms with van der Waals surface area (Å²) in [6.45, 7) is 10.4. The fourth-order valence-corrected chi connectivity index (χ4v) is 1.53. The van der Waals surface area contributed by atoms with Gasteiger partial charge in [-0.3, -0.25) is 0 Å². The van der Waals surface area contributed by atoms with Gasteiger partial charge < -0.3 is 10.6 Å². The van der Waals surface area contributed by atoms with Crippen LogP contribution >= 0.6 is 11.8 Å². The van der Waals surface area contributed by atoms with E-state index in [-0.39, 0.29) is 4.75 Å². The molecule has 102 valence electrons. The minimum atomic E-state index is 0.203. The third kappa shape index (κ3) is 4.72. The second-order valence-electron chi connectivity index (χ2n) is 4.97. The molecule has 1 aromatic rings. The highest BCUT2D eigenvalue weighted by molar-refractivity contribution is 7.99. The minimum absolute atomic E-state index is 0.203. The fourth-order valence-electron chi connectivity index (χ4n) is 1.31. The summed E-state index contributed by atoms with van der Waals surface area (Å²) in [5.74, 6) is 1.62. The summed E-state index contributed by atoms with van der Waals surface area (Å²) in [6, 6.07) is 0. The maximum Gasteiger partial charge on any atom is 0.224 e. The highest BCUT2D eigenvalue weighted by atomic mass is 32.2. The standard InChI is InChI=1S/C13H24N4S/c1-6-7-14-12-15-8-10(2)11(17-12)16-9-13(3,4)18-5/h8H,6-7,9H2,1-5H3,(H2,14,15,16,17). The van der Waals surface area contributed by atoms with Gasteiger partial charge in [-0.05, 0) is 33.4 Å². The molecule has 5 heteroatoms. The van der Waals surface area contributed by atoms with Crippen molar-refractivity contribution in [2.24, 2.45) is 0 Å². The van der Waals surface area contributed by atoms with Gasteiger partial charge in [-0.25, -0.2) is 4.98 Å². The maximum atomic E-state index is 4.50. The summed E-state index contributed by atoms with van der Waals surface area (Å²) in [5.41, 5.74) is 1.08. The van der Waals surface area contributed by atoms with Crippen LogP contribution < -0.4 is 10.6 Å². The first-order valence-electron chi connectivity index (χ1n) is 6.35. The van der Waals surface area contributed by atoms with Crippen LogP contribution in [-0.4, -0.2) is 34.1 Å². The van der Waals surface area contributed by atoms with Crippen LogP contribution in [0.3, 0.4) is 0 Å². The van der Waals surface area contributed by atoms with E-state index in [9.17, 15) is 0 Å². The van der Waals surface area contributed by atoms with Crippen LogP contribution in [0.4, 0.5) is 11.8 Å². The molecular formula is C13H24N4S. The van der Waals surface area contributed by atoms with Crippen molar-refractivity contribution in [1.82, 2.24) is 9.97 Å². The molecule has 0 unspecified atom stereocenters. The van der Waals surface area contributed by atoms with Crippen molar-refractivity contribution < 1.29 is 0 Å². The first-order chi connectivity index (χ1) is 8.48. The summed E-state index contributed by atoms with van der Waals surface area (Å²) < 4.78 is 0.203. The first kappa shape index (κ1) is 15.1. The van der Waals surface area contributed by atoms with Crippen LogP contribution in [0.5, 0.6) is 0 Å². The molecule has 0 radical (unpaired) electrons. The van der Waals surface area contributed by atoms with E-state index < -0.39 is 0 Å². The van der Waals surface area contributed by atoms with Crippen LogP contribution in [0.25, 0.3) is 0 Å². The number of aromatic nitrogens is 2. The number of nitrogens with zero attached hydrogens (tertiary/aromatic N) is 2. The van der Waals surface area contributed by atoms with Crippen molar-refractivity contribution in [3.8, 4) is 0 Å². The normalized spacial score (nSPS) is 11.4. The lowest BCUT2D eigenvalue weighted by molar-refractivity contribution is 0.749. The molecule has 0 aliphatic rings. The molecule has 1 heterocycles. The summed E-state index contributed by atoms with van der Waals surface area (Å²) in [7, 11) is 0. The van der Waals surface area contributed by atoms with Gasteiger partial charge in [0.2, 0.25) is 5.95 Å². The largest absolute Gasteiger partial charge is 0.368 e. The van der Waals surface area contributed by atoms with Crippen molar-refractivity contribution in [3.05, 3.63) is 11.8 Å². The van der Waals surface area contributed by atoms with Gasteiger partial charge >= 0.3 is 0 Å². The molecule has 0 spiro atoms. The Morgan fingerprint density at radius 2 is 2.06 bits per heavy atom. The number of thioether (sulfide) groups is 1. The molecule has 18 heavy (non-hydrogen) atoms. The average molecular weight is 268 g/mol. The fraction of sp³-hybridized carbons (Fsp3) is 0.692. The number of hydrogen-bond acceptors (Lipinski definition) is 5. The van der Waals surface area contributed by atoms with E-state index in [4.69, 9.17) is 0 Å². The van der Waals surface area contributed by atoms with E-state index in [1.807, 2.05) is 24.9 Å². The molecule has 4 nitrogen and oxygen atoms in total. The maximum absolute atomic E-state index is 4.50. The number of hydrogen-bond donors (Lipinski definition) is 2. The highest BCUT2D eigenvalue weighted by Crippen LogP contribution is 2.22. The smallest absolute Gasteiger partial charge is 0.224 e. The van der Waals surface area contributed by atoms with E-state index in [2.05, 4.69) is 47.6 Å². The molecule has 0 aromatic carbocycles. The van der Waals surface area contributed by atoms with Gasteiger partial charge in [0.15, 0.2) is 0 Å². The molecule has 0 fully saturated rings. The van der Waals surface area contributed by atoms with Gasteiger partial charge in [0.25, 0.3) is 0 Å². The van der Waals surface area contributed by atoms with Gasteiger partial charge in [0.1, 0.15) is 5.82 Å². The Kier molecular flexibility index (Phi) is 5.72. The molecule has 1 aromatic heterocycles. The number of anilines is 2. The van der Waals surface area contributed by atoms with E-state index in [0.717, 1.165) is 30.9 Å². The van der Waals surface area contributed by atoms with Crippen molar-refractivity contribution in [2.75, 3.05) is 30.0 Å². The summed E-state index contributed by atoms with van der Waals surface area (Å²) in [4.78, 5) is 8.78. The minimum Gasteiger partial charge on any atom is -0.368 e. The van der Waals surface area contributed by atoms with Gasteiger partial charge in [-0.1, -0.05) is 6.92 Å². The number of rotatable bonds is 7. The van der Waals surface area contributed by atoms with E-state index >= 15 is 0 Å². The lowest BCUT2D eigenvalue weighted by Crippen LogP contribution is -2.26. The third-order valence-electron chi connectivity index (χ3n) is 2.74. The van der Waals surface area contributed by atoms with Crippen LogP contribution in [0.1, 0.15) is 32.8 Å². The zero-order chi connectivity index (χ0) is 13.6. The Morgan fingerprint density at radius 3 is 2.67 bits per heavy atom. The predicted molar refractivity (Wildman–Crippen MR) is 81.6 cm³/mol. The van der Waals surface area contributed by atoms with Gasteiger partial charge in [-0.2, -0.15) is 16.7 Å². The third-order valence-corrected chi connectivity index (χ3v) is 3.99. The average Bonchev–Trinajstić information content (AvgIpc) is 2.36. The van der Waals surface area contributed by atoms with Crippen LogP contribution in [0.15, 0.2) is 6.20 Å². The molecule has 0 bridgehead atoms. The molecule has 0 aliphatic heterocycles. The van der Waals surface area contributed by atoms with Gasteiger partial charge in [0.05, 0.1) is 0 Å². The molecule has 0 saturated carbocycles. The molecule has 0 saturated heterocycles. The van der Waals surface area contributed by atoms with Crippen LogP contribution in [-0.2, 0) is 0 Å². The zero-order valence-corrected chi connectivity index (χ0v) is 12.8. The van der Waals surface area contributed by atoms with Crippen molar-refractivity contribution in [1.29, 1.82) is 0 Å². The summed E-state index contributed by atoms with van der Waals surface area (Å²) >= 11 is 1.85. The Labute approximate surface area is 114 Å². The van der Waals surface area contributed by atoms with Gasteiger partial charge in [-0.15, -0.1) is 0 Å². The number of nitrogens with one attached hydrogen (secondary N) is 2. The lowest BCUT2D eigenvalue weighted by Gasteiger charge is -2.23. The lowest BCUT2D eigenvalue weighted by atomic mass is 10.2. The van der Waals surface area contributed by atoms with E-state index in [1.54, 1.807) is 0 Å². The molecule has 1 rings (SSSR count). The second-order valence-corrected chi connectivity index (χ2v) is 6.48. The highest BCUT2D eigenvalue weighted by Gasteiger charge is 2.16. The molecule has 0 aliphatic carbocycles. The van der Waals surface area contributed by atoms with E-state index in [1.165, 1.54) is 0 Å². The van der Waals surface area contributed by atoms with Crippen molar-refractivity contribution in [2.45, 2.75) is 38.9 Å². The molecule has 0 amide bonds. The first-order valence-corrected chi connectivity index (χ1v) is 7.57. The van der Waals surface area contributed by atoms with Crippen LogP contribution in [0, 0.1) is 6.92 Å². The zero-order valence-electron chi connectivity index (χ0n) is 12.0. The Balaban J connectivity index is 2.69. The number of aryl methyl sites for hydroxylation is 1. The van der Waals surface area contributed by atoms with Crippen molar-refractivity contribution >= 4 is 23.5 Å². The summed E-state index contributed by atoms with van der Waals surface area (Å²) in [6.07, 6.45) is 5.06. The quantitative estimate of drug-likeness (QED) is 0.795. The van der Waals surface area contributed by atoms with Crippen LogP contribution in [0.2, 0.25) is 0 Å². The van der Waals surface area contributed by atoms with Crippen molar-refractivity contribution in [3.63, 3.8) is 0 Å². The summed E-state index contributed by atoms with van der Waals surface area (Å²) in [5, 5.41) is 6.61. The Hall–Kier alpha value is -0.970. The molecule has 2 N–H and O–H groups in total. The Bertz CT molecular complexity index is 379. The predicted octanol–water partition coefficient (Wildman–Crippen LogP) is 3.16. The van der Waals surface area contributed by atoms with E-state index in [0.29, 0.717) is 5.95 Å². The van der Waals surface area contributed by atoms with Gasteiger partial charge in [0, 0.05) is 29.6 Å². The SMILES string of the molecule is CCCNc1ncc(C)c(NCC(C)(C)SC)n1. The monoisotopic (exact) mass is 268 g/mol. The topological polar surface area (TPSA) is 49.8 Å². The Morgan fingerprint density at radius 1 is 1.33 bits per heavy atom. The molecular weight excluding hydrogens is 244 g/mol.